The quantitative estimate of drug-likeness (QED) is 0.756. The van der Waals surface area contributed by atoms with Crippen molar-refractivity contribution in [1.29, 1.82) is 0 Å². The second-order valence-corrected chi connectivity index (χ2v) is 5.61. The van der Waals surface area contributed by atoms with E-state index in [1.165, 1.54) is 5.56 Å². The van der Waals surface area contributed by atoms with Crippen LogP contribution in [0.2, 0.25) is 0 Å². The molecule has 0 unspecified atom stereocenters. The third kappa shape index (κ3) is 3.01. The highest BCUT2D eigenvalue weighted by Crippen LogP contribution is 2.30. The van der Waals surface area contributed by atoms with Crippen molar-refractivity contribution in [2.24, 2.45) is 0 Å². The molecule has 3 N–H and O–H groups in total. The van der Waals surface area contributed by atoms with E-state index >= 15 is 0 Å². The molecular weight excluding hydrogens is 344 g/mol. The maximum absolute atomic E-state index is 5.94. The number of anilines is 3. The molecule has 2 aromatic carbocycles. The molecule has 0 spiro atoms. The fourth-order valence-corrected chi connectivity index (χ4v) is 2.49. The van der Waals surface area contributed by atoms with Crippen LogP contribution in [0.3, 0.4) is 0 Å². The second-order valence-electron chi connectivity index (χ2n) is 3.84. The maximum Gasteiger partial charge on any atom is 0.0619 e. The largest absolute Gasteiger partial charge is 0.397 e. The summed E-state index contributed by atoms with van der Waals surface area (Å²) in [5, 5.41) is 3.30. The molecule has 2 nitrogen and oxygen atoms in total. The third-order valence-corrected chi connectivity index (χ3v) is 3.56. The van der Waals surface area contributed by atoms with Gasteiger partial charge in [-0.2, -0.15) is 0 Å². The first kappa shape index (κ1) is 12.5. The molecule has 2 rings (SSSR count). The lowest BCUT2D eigenvalue weighted by Crippen LogP contribution is -1.97. The predicted octanol–water partition coefficient (Wildman–Crippen LogP) is 4.85. The number of nitrogens with two attached hydrogens (primary N) is 1. The van der Waals surface area contributed by atoms with Crippen LogP contribution in [-0.2, 0) is 0 Å². The van der Waals surface area contributed by atoms with Gasteiger partial charge >= 0.3 is 0 Å². The highest BCUT2D eigenvalue weighted by Gasteiger charge is 2.03. The van der Waals surface area contributed by atoms with Crippen LogP contribution in [0.15, 0.2) is 45.3 Å². The van der Waals surface area contributed by atoms with Crippen molar-refractivity contribution in [3.63, 3.8) is 0 Å². The van der Waals surface area contributed by atoms with Crippen LogP contribution < -0.4 is 11.1 Å². The number of hydrogen-bond donors (Lipinski definition) is 2. The molecule has 0 heterocycles. The molecule has 0 saturated heterocycles. The van der Waals surface area contributed by atoms with Crippen LogP contribution in [0, 0.1) is 6.92 Å². The predicted molar refractivity (Wildman–Crippen MR) is 80.7 cm³/mol. The molecule has 0 amide bonds. The van der Waals surface area contributed by atoms with Crippen molar-refractivity contribution >= 4 is 48.9 Å². The van der Waals surface area contributed by atoms with Crippen molar-refractivity contribution < 1.29 is 0 Å². The molecule has 0 aliphatic rings. The van der Waals surface area contributed by atoms with Gasteiger partial charge in [0, 0.05) is 8.95 Å². The molecule has 0 radical (unpaired) electrons. The minimum atomic E-state index is 0.715. The van der Waals surface area contributed by atoms with Crippen LogP contribution in [0.5, 0.6) is 0 Å². The minimum Gasteiger partial charge on any atom is -0.397 e. The zero-order valence-electron chi connectivity index (χ0n) is 9.30. The number of benzene rings is 2. The van der Waals surface area contributed by atoms with Gasteiger partial charge in [0.15, 0.2) is 0 Å². The van der Waals surface area contributed by atoms with E-state index in [9.17, 15) is 0 Å². The number of nitrogens with one attached hydrogen (secondary N) is 1. The van der Waals surface area contributed by atoms with Crippen LogP contribution in [0.25, 0.3) is 0 Å². The number of nitrogen functional groups attached to an aromatic ring is 1. The van der Waals surface area contributed by atoms with Crippen molar-refractivity contribution in [2.75, 3.05) is 11.1 Å². The monoisotopic (exact) mass is 354 g/mol. The number of rotatable bonds is 2. The molecule has 88 valence electrons. The van der Waals surface area contributed by atoms with Gasteiger partial charge in [-0.25, -0.2) is 0 Å². The highest BCUT2D eigenvalue weighted by molar-refractivity contribution is 9.10. The fraction of sp³-hybridized carbons (Fsp3) is 0.0769. The van der Waals surface area contributed by atoms with Gasteiger partial charge in [-0.1, -0.05) is 22.0 Å². The van der Waals surface area contributed by atoms with Gasteiger partial charge < -0.3 is 11.1 Å². The lowest BCUT2D eigenvalue weighted by atomic mass is 10.2. The summed E-state index contributed by atoms with van der Waals surface area (Å²) in [6, 6.07) is 11.9. The van der Waals surface area contributed by atoms with E-state index in [1.807, 2.05) is 24.3 Å². The van der Waals surface area contributed by atoms with Gasteiger partial charge in [0.2, 0.25) is 0 Å². The summed E-state index contributed by atoms with van der Waals surface area (Å²) in [5.41, 5.74) is 9.78. The van der Waals surface area contributed by atoms with E-state index < -0.39 is 0 Å². The summed E-state index contributed by atoms with van der Waals surface area (Å²) in [5.74, 6) is 0. The molecule has 0 bridgehead atoms. The van der Waals surface area contributed by atoms with Crippen LogP contribution in [0.1, 0.15) is 5.56 Å². The fourth-order valence-electron chi connectivity index (χ4n) is 1.51. The van der Waals surface area contributed by atoms with Crippen LogP contribution in [-0.4, -0.2) is 0 Å². The lowest BCUT2D eigenvalue weighted by molar-refractivity contribution is 1.43. The molecule has 0 aliphatic carbocycles. The number of hydrogen-bond acceptors (Lipinski definition) is 2. The third-order valence-electron chi connectivity index (χ3n) is 2.41. The molecular formula is C13H12Br2N2. The number of aryl methyl sites for hydroxylation is 1. The van der Waals surface area contributed by atoms with Crippen LogP contribution in [0.4, 0.5) is 17.1 Å². The number of halogens is 2. The first-order valence-corrected chi connectivity index (χ1v) is 6.73. The summed E-state index contributed by atoms with van der Waals surface area (Å²) in [6.45, 7) is 2.06. The van der Waals surface area contributed by atoms with Gasteiger partial charge in [-0.05, 0) is 58.7 Å². The Balaban J connectivity index is 2.31. The summed E-state index contributed by atoms with van der Waals surface area (Å²) in [7, 11) is 0. The maximum atomic E-state index is 5.94. The van der Waals surface area contributed by atoms with E-state index in [0.717, 1.165) is 20.3 Å². The Morgan fingerprint density at radius 2 is 1.71 bits per heavy atom. The Bertz CT molecular complexity index is 504. The van der Waals surface area contributed by atoms with Gasteiger partial charge in [-0.3, -0.25) is 0 Å². The average Bonchev–Trinajstić information content (AvgIpc) is 2.25. The normalized spacial score (nSPS) is 10.3. The zero-order valence-corrected chi connectivity index (χ0v) is 12.5. The van der Waals surface area contributed by atoms with Crippen molar-refractivity contribution in [1.82, 2.24) is 0 Å². The molecule has 0 saturated carbocycles. The zero-order chi connectivity index (χ0) is 12.4. The molecule has 17 heavy (non-hydrogen) atoms. The summed E-state index contributed by atoms with van der Waals surface area (Å²) >= 11 is 6.92. The summed E-state index contributed by atoms with van der Waals surface area (Å²) < 4.78 is 2.00. The first-order valence-electron chi connectivity index (χ1n) is 5.14. The summed E-state index contributed by atoms with van der Waals surface area (Å²) in [4.78, 5) is 0. The standard InChI is InChI=1S/C13H12Br2N2/c1-8-2-4-12(10(15)6-8)17-13-5-3-9(14)7-11(13)16/h2-7,17H,16H2,1H3. The Morgan fingerprint density at radius 1 is 1.00 bits per heavy atom. The molecule has 4 heteroatoms. The van der Waals surface area contributed by atoms with Crippen molar-refractivity contribution in [3.8, 4) is 0 Å². The Labute approximate surface area is 117 Å². The lowest BCUT2D eigenvalue weighted by Gasteiger charge is -2.11. The molecule has 0 atom stereocenters. The van der Waals surface area contributed by atoms with E-state index in [2.05, 4.69) is 56.2 Å². The van der Waals surface area contributed by atoms with Gasteiger partial charge in [0.25, 0.3) is 0 Å². The second kappa shape index (κ2) is 5.10. The van der Waals surface area contributed by atoms with Gasteiger partial charge in [-0.15, -0.1) is 0 Å². The average molecular weight is 356 g/mol. The van der Waals surface area contributed by atoms with E-state index in [0.29, 0.717) is 5.69 Å². The molecule has 0 aliphatic heterocycles. The molecule has 2 aromatic rings. The minimum absolute atomic E-state index is 0.715. The highest BCUT2D eigenvalue weighted by atomic mass is 79.9. The SMILES string of the molecule is Cc1ccc(Nc2ccc(Br)cc2N)c(Br)c1. The molecule has 0 aromatic heterocycles. The van der Waals surface area contributed by atoms with E-state index in [1.54, 1.807) is 0 Å². The van der Waals surface area contributed by atoms with Crippen molar-refractivity contribution in [2.45, 2.75) is 6.92 Å². The Hall–Kier alpha value is -1.000. The van der Waals surface area contributed by atoms with E-state index in [4.69, 9.17) is 5.73 Å². The van der Waals surface area contributed by atoms with Crippen LogP contribution >= 0.6 is 31.9 Å². The van der Waals surface area contributed by atoms with Crippen molar-refractivity contribution in [3.05, 3.63) is 50.9 Å². The topological polar surface area (TPSA) is 38.0 Å². The van der Waals surface area contributed by atoms with E-state index in [-0.39, 0.29) is 0 Å². The molecule has 0 fully saturated rings. The smallest absolute Gasteiger partial charge is 0.0619 e. The first-order chi connectivity index (χ1) is 8.06. The van der Waals surface area contributed by atoms with Gasteiger partial charge in [0.1, 0.15) is 0 Å². The van der Waals surface area contributed by atoms with Gasteiger partial charge in [0.05, 0.1) is 17.1 Å². The Morgan fingerprint density at radius 3 is 2.35 bits per heavy atom. The summed E-state index contributed by atoms with van der Waals surface area (Å²) in [6.07, 6.45) is 0. The Kier molecular flexibility index (Phi) is 3.74.